The van der Waals surface area contributed by atoms with Gasteiger partial charge in [-0.2, -0.15) is 0 Å². The van der Waals surface area contributed by atoms with Crippen LogP contribution in [-0.4, -0.2) is 36.8 Å². The van der Waals surface area contributed by atoms with Gasteiger partial charge in [-0.1, -0.05) is 6.07 Å². The summed E-state index contributed by atoms with van der Waals surface area (Å²) in [5.41, 5.74) is 8.27. The molecule has 0 saturated carbocycles. The predicted molar refractivity (Wildman–Crippen MR) is 116 cm³/mol. The van der Waals surface area contributed by atoms with E-state index in [0.717, 1.165) is 30.2 Å². The highest BCUT2D eigenvalue weighted by atomic mass is 16.5. The van der Waals surface area contributed by atoms with Gasteiger partial charge in [0, 0.05) is 17.5 Å². The second kappa shape index (κ2) is 7.40. The quantitative estimate of drug-likeness (QED) is 0.580. The Bertz CT molecular complexity index is 1220. The fourth-order valence-electron chi connectivity index (χ4n) is 4.75. The average Bonchev–Trinajstić information content (AvgIpc) is 3.48. The molecule has 1 aliphatic heterocycles. The summed E-state index contributed by atoms with van der Waals surface area (Å²) < 4.78 is 11.3. The molecule has 0 saturated heterocycles. The number of carbonyl (C=O) groups excluding carboxylic acids is 3. The van der Waals surface area contributed by atoms with Crippen molar-refractivity contribution in [2.45, 2.75) is 31.3 Å². The van der Waals surface area contributed by atoms with E-state index in [9.17, 15) is 14.4 Å². The number of nitrogens with zero attached hydrogens (tertiary/aromatic N) is 1. The molecule has 0 unspecified atom stereocenters. The molecule has 0 fully saturated rings. The molecular formula is C24H23N3O5. The summed E-state index contributed by atoms with van der Waals surface area (Å²) in [6, 6.07) is 10.2. The third kappa shape index (κ3) is 3.19. The summed E-state index contributed by atoms with van der Waals surface area (Å²) >= 11 is 0. The van der Waals surface area contributed by atoms with Gasteiger partial charge in [0.1, 0.15) is 17.1 Å². The van der Waals surface area contributed by atoms with Crippen LogP contribution in [0, 0.1) is 0 Å². The fourth-order valence-corrected chi connectivity index (χ4v) is 4.75. The molecular weight excluding hydrogens is 410 g/mol. The minimum absolute atomic E-state index is 0.116. The van der Waals surface area contributed by atoms with Crippen molar-refractivity contribution in [1.82, 2.24) is 10.2 Å². The Labute approximate surface area is 184 Å². The molecule has 0 spiro atoms. The number of aryl methyl sites for hydroxylation is 2. The number of rotatable bonds is 6. The highest BCUT2D eigenvalue weighted by molar-refractivity contribution is 5.99. The standard InChI is InChI=1S/C24H23N3O5/c1-31-18-6-5-16-11-27(22(29)19(16)10-18)12-24(13-28,26-23(25)30)21-9-17-7-14-3-2-4-15(14)8-20(17)32-21/h5-10,13H,2-4,11-12H2,1H3,(H3,25,26,30)/t24-/m1/s1. The number of nitrogens with two attached hydrogens (primary N) is 1. The van der Waals surface area contributed by atoms with Gasteiger partial charge >= 0.3 is 6.03 Å². The van der Waals surface area contributed by atoms with Crippen molar-refractivity contribution >= 4 is 29.2 Å². The maximum atomic E-state index is 13.1. The van der Waals surface area contributed by atoms with Crippen molar-refractivity contribution in [3.8, 4) is 5.75 Å². The number of hydrogen-bond donors (Lipinski definition) is 2. The van der Waals surface area contributed by atoms with Crippen LogP contribution in [0.25, 0.3) is 11.0 Å². The molecule has 0 radical (unpaired) electrons. The highest BCUT2D eigenvalue weighted by Crippen LogP contribution is 2.35. The number of aldehydes is 1. The first kappa shape index (κ1) is 20.1. The molecule has 2 heterocycles. The van der Waals surface area contributed by atoms with Crippen LogP contribution in [0.1, 0.15) is 39.2 Å². The third-order valence-electron chi connectivity index (χ3n) is 6.35. The van der Waals surface area contributed by atoms with Crippen LogP contribution < -0.4 is 15.8 Å². The van der Waals surface area contributed by atoms with E-state index in [2.05, 4.69) is 11.4 Å². The molecule has 32 heavy (non-hydrogen) atoms. The number of ether oxygens (including phenoxy) is 1. The van der Waals surface area contributed by atoms with E-state index < -0.39 is 11.6 Å². The first-order valence-corrected chi connectivity index (χ1v) is 10.5. The first-order chi connectivity index (χ1) is 15.4. The molecule has 3 amide bonds. The van der Waals surface area contributed by atoms with Crippen molar-refractivity contribution in [2.75, 3.05) is 13.7 Å². The number of fused-ring (bicyclic) bond motifs is 3. The molecule has 164 valence electrons. The van der Waals surface area contributed by atoms with Gasteiger partial charge in [0.2, 0.25) is 0 Å². The molecule has 3 N–H and O–H groups in total. The Morgan fingerprint density at radius 1 is 1.22 bits per heavy atom. The minimum Gasteiger partial charge on any atom is -0.497 e. The Morgan fingerprint density at radius 3 is 2.72 bits per heavy atom. The Hall–Kier alpha value is -3.81. The molecule has 1 atom stereocenters. The Morgan fingerprint density at radius 2 is 2.00 bits per heavy atom. The number of urea groups is 1. The largest absolute Gasteiger partial charge is 0.497 e. The van der Waals surface area contributed by atoms with Crippen LogP contribution in [0.15, 0.2) is 40.8 Å². The molecule has 2 aromatic carbocycles. The normalized spacial score (nSPS) is 16.5. The van der Waals surface area contributed by atoms with Gasteiger partial charge in [-0.05, 0) is 66.3 Å². The smallest absolute Gasteiger partial charge is 0.313 e. The lowest BCUT2D eigenvalue weighted by Crippen LogP contribution is -2.55. The summed E-state index contributed by atoms with van der Waals surface area (Å²) in [7, 11) is 1.53. The molecule has 2 aliphatic rings. The summed E-state index contributed by atoms with van der Waals surface area (Å²) in [5.74, 6) is 0.555. The zero-order valence-electron chi connectivity index (χ0n) is 17.6. The van der Waals surface area contributed by atoms with Crippen molar-refractivity contribution in [3.05, 3.63) is 64.4 Å². The van der Waals surface area contributed by atoms with E-state index in [1.807, 2.05) is 12.1 Å². The number of primary amides is 1. The van der Waals surface area contributed by atoms with Crippen molar-refractivity contribution in [3.63, 3.8) is 0 Å². The monoisotopic (exact) mass is 433 g/mol. The summed E-state index contributed by atoms with van der Waals surface area (Å²) in [4.78, 5) is 38.9. The molecule has 8 heteroatoms. The maximum absolute atomic E-state index is 13.1. The van der Waals surface area contributed by atoms with E-state index in [1.54, 1.807) is 18.2 Å². The van der Waals surface area contributed by atoms with Gasteiger partial charge in [-0.25, -0.2) is 4.79 Å². The van der Waals surface area contributed by atoms with Gasteiger partial charge in [0.25, 0.3) is 5.91 Å². The topological polar surface area (TPSA) is 115 Å². The van der Waals surface area contributed by atoms with Gasteiger partial charge in [0.05, 0.1) is 13.7 Å². The molecule has 0 bridgehead atoms. The van der Waals surface area contributed by atoms with Crippen molar-refractivity contribution < 1.29 is 23.5 Å². The maximum Gasteiger partial charge on any atom is 0.313 e. The predicted octanol–water partition coefficient (Wildman–Crippen LogP) is 2.65. The number of nitrogens with one attached hydrogen (secondary N) is 1. The van der Waals surface area contributed by atoms with E-state index in [1.165, 1.54) is 23.1 Å². The second-order valence-corrected chi connectivity index (χ2v) is 8.39. The van der Waals surface area contributed by atoms with Crippen LogP contribution in [-0.2, 0) is 29.7 Å². The SMILES string of the molecule is COc1ccc2c(c1)C(=O)N(C[C@](C=O)(NC(N)=O)c1cc3cc4c(cc3o1)CCC4)C2. The molecule has 1 aliphatic carbocycles. The summed E-state index contributed by atoms with van der Waals surface area (Å²) in [5, 5.41) is 3.38. The lowest BCUT2D eigenvalue weighted by atomic mass is 9.96. The van der Waals surface area contributed by atoms with E-state index in [0.29, 0.717) is 29.7 Å². The van der Waals surface area contributed by atoms with Crippen LogP contribution >= 0.6 is 0 Å². The lowest BCUT2D eigenvalue weighted by Gasteiger charge is -2.30. The van der Waals surface area contributed by atoms with Crippen LogP contribution in [0.5, 0.6) is 5.75 Å². The second-order valence-electron chi connectivity index (χ2n) is 8.39. The number of furan rings is 1. The third-order valence-corrected chi connectivity index (χ3v) is 6.35. The van der Waals surface area contributed by atoms with Gasteiger partial charge in [-0.3, -0.25) is 4.79 Å². The highest BCUT2D eigenvalue weighted by Gasteiger charge is 2.42. The zero-order valence-corrected chi connectivity index (χ0v) is 17.6. The summed E-state index contributed by atoms with van der Waals surface area (Å²) in [6.45, 7) is 0.178. The van der Waals surface area contributed by atoms with Crippen LogP contribution in [0.2, 0.25) is 0 Å². The molecule has 8 nitrogen and oxygen atoms in total. The van der Waals surface area contributed by atoms with E-state index >= 15 is 0 Å². The van der Waals surface area contributed by atoms with E-state index in [4.69, 9.17) is 14.9 Å². The first-order valence-electron chi connectivity index (χ1n) is 10.5. The van der Waals surface area contributed by atoms with Gasteiger partial charge < -0.3 is 29.9 Å². The number of methoxy groups -OCH3 is 1. The average molecular weight is 433 g/mol. The molecule has 5 rings (SSSR count). The number of carbonyl (C=O) groups is 3. The van der Waals surface area contributed by atoms with Crippen molar-refractivity contribution in [1.29, 1.82) is 0 Å². The zero-order chi connectivity index (χ0) is 22.5. The lowest BCUT2D eigenvalue weighted by molar-refractivity contribution is -0.114. The van der Waals surface area contributed by atoms with Crippen LogP contribution in [0.3, 0.4) is 0 Å². The number of hydrogen-bond acceptors (Lipinski definition) is 5. The molecule has 1 aromatic heterocycles. The van der Waals surface area contributed by atoms with Crippen LogP contribution in [0.4, 0.5) is 4.79 Å². The Balaban J connectivity index is 1.53. The fraction of sp³-hybridized carbons (Fsp3) is 0.292. The Kier molecular flexibility index (Phi) is 4.65. The minimum atomic E-state index is -1.61. The van der Waals surface area contributed by atoms with Crippen molar-refractivity contribution in [2.24, 2.45) is 5.73 Å². The van der Waals surface area contributed by atoms with Gasteiger partial charge in [-0.15, -0.1) is 0 Å². The number of amides is 3. The summed E-state index contributed by atoms with van der Waals surface area (Å²) in [6.07, 6.45) is 3.69. The van der Waals surface area contributed by atoms with Gasteiger partial charge in [0.15, 0.2) is 11.8 Å². The van der Waals surface area contributed by atoms with E-state index in [-0.39, 0.29) is 18.2 Å². The number of benzene rings is 2. The molecule has 3 aromatic rings.